The molecule has 0 aromatic carbocycles. The van der Waals surface area contributed by atoms with E-state index in [0.29, 0.717) is 6.04 Å². The molecule has 0 saturated carbocycles. The normalized spacial score (nSPS) is 19.9. The Balaban J connectivity index is 0.00000154. The Morgan fingerprint density at radius 1 is 1.26 bits per heavy atom. The van der Waals surface area contributed by atoms with Crippen LogP contribution in [0.5, 0.6) is 0 Å². The molecule has 0 aliphatic carbocycles. The fraction of sp³-hybridized carbons (Fsp3) is 1.00. The molecule has 1 atom stereocenters. The van der Waals surface area contributed by atoms with Gasteiger partial charge in [-0.05, 0) is 59.3 Å². The van der Waals surface area contributed by atoms with Crippen LogP contribution in [-0.4, -0.2) is 62.2 Å². The molecule has 1 fully saturated rings. The summed E-state index contributed by atoms with van der Waals surface area (Å²) in [5, 5.41) is 3.62. The fourth-order valence-corrected chi connectivity index (χ4v) is 2.64. The summed E-state index contributed by atoms with van der Waals surface area (Å²) in [5.41, 5.74) is 0. The van der Waals surface area contributed by atoms with Crippen LogP contribution in [0.1, 0.15) is 47.5 Å². The molecular formula is C16H37N3. The Hall–Kier alpha value is -0.120. The highest BCUT2D eigenvalue weighted by molar-refractivity contribution is 4.75. The predicted octanol–water partition coefficient (Wildman–Crippen LogP) is 2.67. The van der Waals surface area contributed by atoms with Gasteiger partial charge in [-0.25, -0.2) is 0 Å². The number of rotatable bonds is 8. The van der Waals surface area contributed by atoms with Crippen molar-refractivity contribution < 1.29 is 0 Å². The van der Waals surface area contributed by atoms with Crippen molar-refractivity contribution in [2.24, 2.45) is 5.92 Å². The van der Waals surface area contributed by atoms with Crippen LogP contribution in [0.4, 0.5) is 0 Å². The van der Waals surface area contributed by atoms with E-state index in [2.05, 4.69) is 42.9 Å². The monoisotopic (exact) mass is 271 g/mol. The number of likely N-dealkylation sites (tertiary alicyclic amines) is 1. The molecule has 0 bridgehead atoms. The van der Waals surface area contributed by atoms with E-state index >= 15 is 0 Å². The second-order valence-corrected chi connectivity index (χ2v) is 5.75. The number of hydrogen-bond acceptors (Lipinski definition) is 3. The predicted molar refractivity (Wildman–Crippen MR) is 86.8 cm³/mol. The van der Waals surface area contributed by atoms with Crippen molar-refractivity contribution in [2.75, 3.05) is 46.3 Å². The first-order chi connectivity index (χ1) is 9.13. The van der Waals surface area contributed by atoms with Crippen LogP contribution >= 0.6 is 0 Å². The van der Waals surface area contributed by atoms with Crippen LogP contribution in [0.3, 0.4) is 0 Å². The minimum Gasteiger partial charge on any atom is -0.315 e. The van der Waals surface area contributed by atoms with E-state index in [1.165, 1.54) is 45.6 Å². The summed E-state index contributed by atoms with van der Waals surface area (Å²) in [7, 11) is 2.22. The van der Waals surface area contributed by atoms with Crippen molar-refractivity contribution in [3.05, 3.63) is 0 Å². The van der Waals surface area contributed by atoms with Crippen molar-refractivity contribution in [1.82, 2.24) is 15.1 Å². The maximum Gasteiger partial charge on any atom is 0.0110 e. The molecule has 0 radical (unpaired) electrons. The van der Waals surface area contributed by atoms with Gasteiger partial charge in [0, 0.05) is 25.7 Å². The highest BCUT2D eigenvalue weighted by atomic mass is 15.2. The van der Waals surface area contributed by atoms with E-state index in [4.69, 9.17) is 0 Å². The van der Waals surface area contributed by atoms with Crippen molar-refractivity contribution in [3.63, 3.8) is 0 Å². The molecule has 116 valence electrons. The summed E-state index contributed by atoms with van der Waals surface area (Å²) in [5.74, 6) is 0.874. The lowest BCUT2D eigenvalue weighted by Gasteiger charge is -2.26. The zero-order valence-corrected chi connectivity index (χ0v) is 14.2. The smallest absolute Gasteiger partial charge is 0.0110 e. The molecule has 1 rings (SSSR count). The van der Waals surface area contributed by atoms with Crippen molar-refractivity contribution in [2.45, 2.75) is 53.5 Å². The summed E-state index contributed by atoms with van der Waals surface area (Å²) in [6.45, 7) is 18.1. The molecule has 0 aromatic rings. The second-order valence-electron chi connectivity index (χ2n) is 5.75. The topological polar surface area (TPSA) is 18.5 Å². The summed E-state index contributed by atoms with van der Waals surface area (Å²) < 4.78 is 0. The van der Waals surface area contributed by atoms with Crippen molar-refractivity contribution in [3.8, 4) is 0 Å². The Bertz CT molecular complexity index is 194. The zero-order valence-electron chi connectivity index (χ0n) is 14.2. The molecule has 1 aliphatic heterocycles. The number of nitrogens with one attached hydrogen (secondary N) is 1. The maximum atomic E-state index is 3.62. The number of nitrogens with zero attached hydrogens (tertiary/aromatic N) is 2. The summed E-state index contributed by atoms with van der Waals surface area (Å²) >= 11 is 0. The van der Waals surface area contributed by atoms with Crippen LogP contribution in [0.15, 0.2) is 0 Å². The third kappa shape index (κ3) is 8.61. The highest BCUT2D eigenvalue weighted by Gasteiger charge is 2.18. The molecule has 0 aromatic heterocycles. The van der Waals surface area contributed by atoms with Crippen LogP contribution in [0.2, 0.25) is 0 Å². The molecule has 1 saturated heterocycles. The fourth-order valence-electron chi connectivity index (χ4n) is 2.64. The van der Waals surface area contributed by atoms with Gasteiger partial charge in [-0.2, -0.15) is 0 Å². The van der Waals surface area contributed by atoms with E-state index in [1.54, 1.807) is 0 Å². The molecule has 1 unspecified atom stereocenters. The lowest BCUT2D eigenvalue weighted by molar-refractivity contribution is 0.221. The van der Waals surface area contributed by atoms with E-state index in [0.717, 1.165) is 12.5 Å². The van der Waals surface area contributed by atoms with Gasteiger partial charge < -0.3 is 10.2 Å². The summed E-state index contributed by atoms with van der Waals surface area (Å²) in [6, 6.07) is 0.675. The largest absolute Gasteiger partial charge is 0.315 e. The Kier molecular flexibility index (Phi) is 11.6. The molecule has 19 heavy (non-hydrogen) atoms. The van der Waals surface area contributed by atoms with E-state index in [1.807, 2.05) is 13.8 Å². The first-order valence-corrected chi connectivity index (χ1v) is 8.26. The lowest BCUT2D eigenvalue weighted by Crippen LogP contribution is -2.38. The Morgan fingerprint density at radius 3 is 2.42 bits per heavy atom. The van der Waals surface area contributed by atoms with Crippen molar-refractivity contribution >= 4 is 0 Å². The van der Waals surface area contributed by atoms with E-state index in [9.17, 15) is 0 Å². The van der Waals surface area contributed by atoms with Gasteiger partial charge >= 0.3 is 0 Å². The SMILES string of the molecule is CC.CCCN(CCNCC1CCN(C)C1)C(C)C. The molecule has 3 nitrogen and oxygen atoms in total. The molecule has 1 heterocycles. The number of hydrogen-bond donors (Lipinski definition) is 1. The standard InChI is InChI=1S/C14H31N3.C2H6/c1-5-8-17(13(2)3)10-7-15-11-14-6-9-16(4)12-14;1-2/h13-15H,5-12H2,1-4H3;1-2H3. The van der Waals surface area contributed by atoms with Crippen LogP contribution in [0, 0.1) is 5.92 Å². The van der Waals surface area contributed by atoms with Crippen LogP contribution in [0.25, 0.3) is 0 Å². The van der Waals surface area contributed by atoms with E-state index in [-0.39, 0.29) is 0 Å². The average Bonchev–Trinajstić information content (AvgIpc) is 2.81. The third-order valence-corrected chi connectivity index (χ3v) is 3.74. The first kappa shape index (κ1) is 18.9. The summed E-state index contributed by atoms with van der Waals surface area (Å²) in [6.07, 6.45) is 2.62. The Labute approximate surface area is 121 Å². The maximum absolute atomic E-state index is 3.62. The summed E-state index contributed by atoms with van der Waals surface area (Å²) in [4.78, 5) is 5.00. The van der Waals surface area contributed by atoms with E-state index < -0.39 is 0 Å². The van der Waals surface area contributed by atoms with Crippen molar-refractivity contribution in [1.29, 1.82) is 0 Å². The minimum absolute atomic E-state index is 0.675. The minimum atomic E-state index is 0.675. The molecular weight excluding hydrogens is 234 g/mol. The van der Waals surface area contributed by atoms with Gasteiger partial charge in [0.1, 0.15) is 0 Å². The molecule has 3 heteroatoms. The quantitative estimate of drug-likeness (QED) is 0.685. The molecule has 0 spiro atoms. The lowest BCUT2D eigenvalue weighted by atomic mass is 10.1. The van der Waals surface area contributed by atoms with Gasteiger partial charge in [0.05, 0.1) is 0 Å². The van der Waals surface area contributed by atoms with Gasteiger partial charge in [-0.3, -0.25) is 4.90 Å². The molecule has 0 amide bonds. The van der Waals surface area contributed by atoms with Crippen LogP contribution < -0.4 is 5.32 Å². The first-order valence-electron chi connectivity index (χ1n) is 8.26. The van der Waals surface area contributed by atoms with Gasteiger partial charge in [0.15, 0.2) is 0 Å². The van der Waals surface area contributed by atoms with Gasteiger partial charge in [0.2, 0.25) is 0 Å². The third-order valence-electron chi connectivity index (χ3n) is 3.74. The highest BCUT2D eigenvalue weighted by Crippen LogP contribution is 2.12. The average molecular weight is 271 g/mol. The molecule has 1 aliphatic rings. The van der Waals surface area contributed by atoms with Gasteiger partial charge in [-0.15, -0.1) is 0 Å². The second kappa shape index (κ2) is 11.7. The zero-order chi connectivity index (χ0) is 14.7. The Morgan fingerprint density at radius 2 is 1.95 bits per heavy atom. The van der Waals surface area contributed by atoms with Gasteiger partial charge in [0.25, 0.3) is 0 Å². The molecule has 1 N–H and O–H groups in total. The van der Waals surface area contributed by atoms with Gasteiger partial charge in [-0.1, -0.05) is 20.8 Å². The van der Waals surface area contributed by atoms with Crippen LogP contribution in [-0.2, 0) is 0 Å².